The predicted molar refractivity (Wildman–Crippen MR) is 71.9 cm³/mol. The Kier molecular flexibility index (Phi) is 4.26. The van der Waals surface area contributed by atoms with Crippen molar-refractivity contribution >= 4 is 5.69 Å². The van der Waals surface area contributed by atoms with E-state index in [1.54, 1.807) is 0 Å². The first-order chi connectivity index (χ1) is 8.36. The zero-order chi connectivity index (χ0) is 12.1. The van der Waals surface area contributed by atoms with Crippen molar-refractivity contribution < 1.29 is 4.74 Å². The lowest BCUT2D eigenvalue weighted by Crippen LogP contribution is -2.41. The largest absolute Gasteiger partial charge is 0.491 e. The van der Waals surface area contributed by atoms with Crippen molar-refractivity contribution in [3.05, 3.63) is 24.3 Å². The van der Waals surface area contributed by atoms with E-state index in [4.69, 9.17) is 4.74 Å². The van der Waals surface area contributed by atoms with E-state index in [1.165, 1.54) is 5.69 Å². The molecule has 1 aromatic rings. The van der Waals surface area contributed by atoms with Gasteiger partial charge in [-0.15, -0.1) is 0 Å². The molecule has 1 unspecified atom stereocenters. The highest BCUT2D eigenvalue weighted by Crippen LogP contribution is 2.32. The molecule has 17 heavy (non-hydrogen) atoms. The lowest BCUT2D eigenvalue weighted by Gasteiger charge is -2.32. The summed E-state index contributed by atoms with van der Waals surface area (Å²) in [5, 5.41) is 3.28. The number of ether oxygens (including phenoxy) is 1. The van der Waals surface area contributed by atoms with Crippen LogP contribution in [0.2, 0.25) is 0 Å². The minimum atomic E-state index is 0.544. The van der Waals surface area contributed by atoms with Gasteiger partial charge in [-0.25, -0.2) is 0 Å². The van der Waals surface area contributed by atoms with Gasteiger partial charge in [0.2, 0.25) is 0 Å². The lowest BCUT2D eigenvalue weighted by molar-refractivity contribution is 0.322. The van der Waals surface area contributed by atoms with E-state index >= 15 is 0 Å². The second-order valence-corrected chi connectivity index (χ2v) is 4.48. The number of benzene rings is 1. The van der Waals surface area contributed by atoms with Gasteiger partial charge < -0.3 is 15.0 Å². The van der Waals surface area contributed by atoms with Gasteiger partial charge in [0.25, 0.3) is 0 Å². The molecule has 2 rings (SSSR count). The molecule has 0 saturated heterocycles. The molecular weight excluding hydrogens is 212 g/mol. The Morgan fingerprint density at radius 3 is 3.00 bits per heavy atom. The molecular formula is C14H22N2O. The van der Waals surface area contributed by atoms with Crippen LogP contribution in [0, 0.1) is 0 Å². The van der Waals surface area contributed by atoms with Gasteiger partial charge in [0, 0.05) is 19.1 Å². The van der Waals surface area contributed by atoms with E-state index in [9.17, 15) is 0 Å². The molecule has 1 atom stereocenters. The van der Waals surface area contributed by atoms with Crippen LogP contribution in [0.1, 0.15) is 19.8 Å². The number of likely N-dealkylation sites (N-methyl/N-ethyl adjacent to an activating group) is 1. The molecule has 0 bridgehead atoms. The summed E-state index contributed by atoms with van der Waals surface area (Å²) < 4.78 is 5.79. The highest BCUT2D eigenvalue weighted by Gasteiger charge is 2.21. The van der Waals surface area contributed by atoms with E-state index in [1.807, 2.05) is 13.1 Å². The molecule has 94 valence electrons. The van der Waals surface area contributed by atoms with Crippen LogP contribution in [0.3, 0.4) is 0 Å². The van der Waals surface area contributed by atoms with Crippen molar-refractivity contribution in [2.45, 2.75) is 25.8 Å². The molecule has 0 aromatic heterocycles. The zero-order valence-corrected chi connectivity index (χ0v) is 10.8. The van der Waals surface area contributed by atoms with E-state index in [0.29, 0.717) is 6.04 Å². The quantitative estimate of drug-likeness (QED) is 0.865. The first-order valence-corrected chi connectivity index (χ1v) is 6.50. The molecule has 0 fully saturated rings. The first kappa shape index (κ1) is 12.2. The van der Waals surface area contributed by atoms with Crippen molar-refractivity contribution in [1.29, 1.82) is 0 Å². The standard InChI is InChI=1S/C14H22N2O/c1-3-12(11-15-2)16-9-6-10-17-14-8-5-4-7-13(14)16/h4-5,7-8,12,15H,3,6,9-11H2,1-2H3. The van der Waals surface area contributed by atoms with Crippen molar-refractivity contribution in [2.75, 3.05) is 31.6 Å². The van der Waals surface area contributed by atoms with Gasteiger partial charge >= 0.3 is 0 Å². The van der Waals surface area contributed by atoms with Crippen LogP contribution >= 0.6 is 0 Å². The van der Waals surface area contributed by atoms with E-state index < -0.39 is 0 Å². The highest BCUT2D eigenvalue weighted by atomic mass is 16.5. The number of rotatable bonds is 4. The number of anilines is 1. The van der Waals surface area contributed by atoms with Crippen molar-refractivity contribution in [3.63, 3.8) is 0 Å². The summed E-state index contributed by atoms with van der Waals surface area (Å²) in [4.78, 5) is 2.48. The van der Waals surface area contributed by atoms with Crippen LogP contribution in [0.5, 0.6) is 5.75 Å². The monoisotopic (exact) mass is 234 g/mol. The van der Waals surface area contributed by atoms with Gasteiger partial charge in [-0.1, -0.05) is 19.1 Å². The average Bonchev–Trinajstić information content (AvgIpc) is 2.58. The number of hydrogen-bond donors (Lipinski definition) is 1. The fraction of sp³-hybridized carbons (Fsp3) is 0.571. The summed E-state index contributed by atoms with van der Waals surface area (Å²) in [6.07, 6.45) is 2.24. The Morgan fingerprint density at radius 2 is 2.24 bits per heavy atom. The molecule has 3 nitrogen and oxygen atoms in total. The summed E-state index contributed by atoms with van der Waals surface area (Å²) in [5.41, 5.74) is 1.24. The van der Waals surface area contributed by atoms with E-state index in [-0.39, 0.29) is 0 Å². The molecule has 0 aliphatic carbocycles. The summed E-state index contributed by atoms with van der Waals surface area (Å²) in [7, 11) is 2.02. The molecule has 1 aromatic carbocycles. The normalized spacial score (nSPS) is 16.9. The molecule has 1 aliphatic heterocycles. The number of nitrogens with zero attached hydrogens (tertiary/aromatic N) is 1. The third kappa shape index (κ3) is 2.72. The fourth-order valence-electron chi connectivity index (χ4n) is 2.44. The topological polar surface area (TPSA) is 24.5 Å². The summed E-state index contributed by atoms with van der Waals surface area (Å²) >= 11 is 0. The summed E-state index contributed by atoms with van der Waals surface area (Å²) in [6.45, 7) is 5.17. The number of para-hydroxylation sites is 2. The molecule has 3 heteroatoms. The maximum Gasteiger partial charge on any atom is 0.142 e. The van der Waals surface area contributed by atoms with Gasteiger partial charge in [-0.2, -0.15) is 0 Å². The van der Waals surface area contributed by atoms with Crippen molar-refractivity contribution in [1.82, 2.24) is 5.32 Å². The Labute approximate surface area is 104 Å². The molecule has 0 saturated carbocycles. The third-order valence-electron chi connectivity index (χ3n) is 3.33. The summed E-state index contributed by atoms with van der Waals surface area (Å²) in [5.74, 6) is 1.03. The maximum atomic E-state index is 5.79. The SMILES string of the molecule is CCC(CNC)N1CCCOc2ccccc21. The molecule has 0 spiro atoms. The predicted octanol–water partition coefficient (Wildman–Crippen LogP) is 2.27. The Hall–Kier alpha value is -1.22. The number of nitrogens with one attached hydrogen (secondary N) is 1. The average molecular weight is 234 g/mol. The van der Waals surface area contributed by atoms with Crippen LogP contribution in [0.15, 0.2) is 24.3 Å². The Morgan fingerprint density at radius 1 is 1.41 bits per heavy atom. The smallest absolute Gasteiger partial charge is 0.142 e. The Balaban J connectivity index is 2.26. The third-order valence-corrected chi connectivity index (χ3v) is 3.33. The first-order valence-electron chi connectivity index (χ1n) is 6.50. The van der Waals surface area contributed by atoms with Crippen LogP contribution in [0.4, 0.5) is 5.69 Å². The van der Waals surface area contributed by atoms with Crippen LogP contribution in [0.25, 0.3) is 0 Å². The lowest BCUT2D eigenvalue weighted by atomic mass is 10.1. The van der Waals surface area contributed by atoms with E-state index in [2.05, 4.69) is 35.3 Å². The van der Waals surface area contributed by atoms with Gasteiger partial charge in [0.1, 0.15) is 5.75 Å². The Bertz CT molecular complexity index is 354. The number of hydrogen-bond acceptors (Lipinski definition) is 3. The fourth-order valence-corrected chi connectivity index (χ4v) is 2.44. The van der Waals surface area contributed by atoms with Gasteiger partial charge in [-0.3, -0.25) is 0 Å². The minimum Gasteiger partial charge on any atom is -0.491 e. The highest BCUT2D eigenvalue weighted by molar-refractivity contribution is 5.59. The second-order valence-electron chi connectivity index (χ2n) is 4.48. The van der Waals surface area contributed by atoms with E-state index in [0.717, 1.165) is 38.3 Å². The molecule has 1 heterocycles. The zero-order valence-electron chi connectivity index (χ0n) is 10.8. The number of fused-ring (bicyclic) bond motifs is 1. The molecule has 1 aliphatic rings. The van der Waals surface area contributed by atoms with Crippen LogP contribution < -0.4 is 15.0 Å². The molecule has 1 N–H and O–H groups in total. The van der Waals surface area contributed by atoms with Crippen molar-refractivity contribution in [3.8, 4) is 5.75 Å². The van der Waals surface area contributed by atoms with Crippen molar-refractivity contribution in [2.24, 2.45) is 0 Å². The van der Waals surface area contributed by atoms with Gasteiger partial charge in [-0.05, 0) is 32.0 Å². The maximum absolute atomic E-state index is 5.79. The van der Waals surface area contributed by atoms with Gasteiger partial charge in [0.15, 0.2) is 0 Å². The van der Waals surface area contributed by atoms with Crippen LogP contribution in [-0.4, -0.2) is 32.8 Å². The summed E-state index contributed by atoms with van der Waals surface area (Å²) in [6, 6.07) is 8.91. The molecule has 0 amide bonds. The molecule has 0 radical (unpaired) electrons. The second kappa shape index (κ2) is 5.92. The van der Waals surface area contributed by atoms with Gasteiger partial charge in [0.05, 0.1) is 12.3 Å². The minimum absolute atomic E-state index is 0.544. The van der Waals surface area contributed by atoms with Crippen LogP contribution in [-0.2, 0) is 0 Å².